The number of nitrogens with zero attached hydrogens (tertiary/aromatic N) is 3. The molecule has 1 aliphatic rings. The molecule has 22 heavy (non-hydrogen) atoms. The van der Waals surface area contributed by atoms with E-state index in [9.17, 15) is 9.59 Å². The molecule has 0 bridgehead atoms. The van der Waals surface area contributed by atoms with Gasteiger partial charge in [0.25, 0.3) is 5.91 Å². The SMILES string of the molecule is CC(C)CC(=O)C(=O)N1CCC[C@@H](N(C)CCCN(C)C)C1. The minimum absolute atomic E-state index is 0.231. The summed E-state index contributed by atoms with van der Waals surface area (Å²) in [5, 5.41) is 0. The van der Waals surface area contributed by atoms with Gasteiger partial charge in [-0.25, -0.2) is 0 Å². The van der Waals surface area contributed by atoms with Gasteiger partial charge in [0, 0.05) is 25.6 Å². The molecule has 1 saturated heterocycles. The zero-order chi connectivity index (χ0) is 16.7. The Bertz CT molecular complexity index is 369. The minimum atomic E-state index is -0.278. The van der Waals surface area contributed by atoms with E-state index in [1.807, 2.05) is 13.8 Å². The molecule has 1 fully saturated rings. The Labute approximate surface area is 135 Å². The Morgan fingerprint density at radius 2 is 1.86 bits per heavy atom. The van der Waals surface area contributed by atoms with Gasteiger partial charge in [0.2, 0.25) is 5.78 Å². The van der Waals surface area contributed by atoms with Gasteiger partial charge in [-0.05, 0) is 59.4 Å². The number of hydrogen-bond acceptors (Lipinski definition) is 4. The van der Waals surface area contributed by atoms with Gasteiger partial charge >= 0.3 is 0 Å². The first-order chi connectivity index (χ1) is 10.3. The Morgan fingerprint density at radius 1 is 1.18 bits per heavy atom. The third-order valence-corrected chi connectivity index (χ3v) is 4.26. The van der Waals surface area contributed by atoms with Crippen LogP contribution in [0.1, 0.15) is 39.5 Å². The summed E-state index contributed by atoms with van der Waals surface area (Å²) in [6.07, 6.45) is 3.59. The van der Waals surface area contributed by atoms with Gasteiger partial charge in [-0.2, -0.15) is 0 Å². The van der Waals surface area contributed by atoms with Gasteiger partial charge in [0.1, 0.15) is 0 Å². The van der Waals surface area contributed by atoms with Crippen LogP contribution < -0.4 is 0 Å². The molecule has 1 amide bonds. The first-order valence-electron chi connectivity index (χ1n) is 8.48. The molecule has 0 N–H and O–H groups in total. The molecule has 0 aromatic rings. The zero-order valence-corrected chi connectivity index (χ0v) is 15.0. The van der Waals surface area contributed by atoms with Crippen LogP contribution in [-0.4, -0.2) is 79.8 Å². The van der Waals surface area contributed by atoms with Gasteiger partial charge in [-0.1, -0.05) is 13.8 Å². The lowest BCUT2D eigenvalue weighted by atomic mass is 10.0. The van der Waals surface area contributed by atoms with Crippen LogP contribution >= 0.6 is 0 Å². The number of ketones is 1. The van der Waals surface area contributed by atoms with Crippen LogP contribution in [0.3, 0.4) is 0 Å². The van der Waals surface area contributed by atoms with Gasteiger partial charge in [0.05, 0.1) is 0 Å². The average Bonchev–Trinajstić information content (AvgIpc) is 2.45. The molecule has 128 valence electrons. The molecular formula is C17H33N3O2. The molecule has 1 atom stereocenters. The van der Waals surface area contributed by atoms with Crippen molar-refractivity contribution in [1.82, 2.24) is 14.7 Å². The number of hydrogen-bond donors (Lipinski definition) is 0. The number of amides is 1. The second-order valence-electron chi connectivity index (χ2n) is 7.21. The van der Waals surface area contributed by atoms with E-state index in [2.05, 4.69) is 30.9 Å². The standard InChI is InChI=1S/C17H33N3O2/c1-14(2)12-16(21)17(22)20-11-6-8-15(13-20)19(5)10-7-9-18(3)4/h14-15H,6-13H2,1-5H3/t15-/m1/s1. The lowest BCUT2D eigenvalue weighted by Crippen LogP contribution is -2.50. The van der Waals surface area contributed by atoms with Gasteiger partial charge in [-0.15, -0.1) is 0 Å². The number of likely N-dealkylation sites (tertiary alicyclic amines) is 1. The van der Waals surface area contributed by atoms with Crippen molar-refractivity contribution < 1.29 is 9.59 Å². The maximum atomic E-state index is 12.3. The molecule has 0 aliphatic carbocycles. The fourth-order valence-corrected chi connectivity index (χ4v) is 2.95. The average molecular weight is 311 g/mol. The van der Waals surface area contributed by atoms with Crippen LogP contribution in [-0.2, 0) is 9.59 Å². The maximum Gasteiger partial charge on any atom is 0.289 e. The van der Waals surface area contributed by atoms with Crippen LogP contribution in [0, 0.1) is 5.92 Å². The van der Waals surface area contributed by atoms with Crippen molar-refractivity contribution in [2.75, 3.05) is 47.3 Å². The van der Waals surface area contributed by atoms with Crippen molar-refractivity contribution in [2.45, 2.75) is 45.6 Å². The molecule has 5 heteroatoms. The fourth-order valence-electron chi connectivity index (χ4n) is 2.95. The number of likely N-dealkylation sites (N-methyl/N-ethyl adjacent to an activating group) is 1. The lowest BCUT2D eigenvalue weighted by molar-refractivity contribution is -0.146. The van der Waals surface area contributed by atoms with Crippen molar-refractivity contribution in [2.24, 2.45) is 5.92 Å². The first-order valence-corrected chi connectivity index (χ1v) is 8.48. The molecule has 0 spiro atoms. The van der Waals surface area contributed by atoms with Crippen LogP contribution in [0.2, 0.25) is 0 Å². The van der Waals surface area contributed by atoms with E-state index in [0.717, 1.165) is 38.9 Å². The van der Waals surface area contributed by atoms with Crippen molar-refractivity contribution in [3.63, 3.8) is 0 Å². The smallest absolute Gasteiger partial charge is 0.289 e. The second kappa shape index (κ2) is 9.26. The summed E-state index contributed by atoms with van der Waals surface area (Å²) in [5.74, 6) is -0.267. The van der Waals surface area contributed by atoms with Crippen molar-refractivity contribution in [3.05, 3.63) is 0 Å². The summed E-state index contributed by atoms with van der Waals surface area (Å²) in [6.45, 7) is 7.48. The third kappa shape index (κ3) is 6.44. The Morgan fingerprint density at radius 3 is 2.45 bits per heavy atom. The first kappa shape index (κ1) is 19.1. The van der Waals surface area contributed by atoms with Crippen LogP contribution in [0.25, 0.3) is 0 Å². The van der Waals surface area contributed by atoms with Crippen LogP contribution in [0.5, 0.6) is 0 Å². The molecular weight excluding hydrogens is 278 g/mol. The highest BCUT2D eigenvalue weighted by Gasteiger charge is 2.29. The van der Waals surface area contributed by atoms with Crippen molar-refractivity contribution in [3.8, 4) is 0 Å². The topological polar surface area (TPSA) is 43.9 Å². The molecule has 1 aliphatic heterocycles. The maximum absolute atomic E-state index is 12.3. The third-order valence-electron chi connectivity index (χ3n) is 4.26. The molecule has 5 nitrogen and oxygen atoms in total. The Kier molecular flexibility index (Phi) is 8.04. The number of carbonyl (C=O) groups excluding carboxylic acids is 2. The lowest BCUT2D eigenvalue weighted by Gasteiger charge is -2.37. The summed E-state index contributed by atoms with van der Waals surface area (Å²) in [6, 6.07) is 0.381. The normalized spacial score (nSPS) is 19.3. The van der Waals surface area contributed by atoms with Crippen molar-refractivity contribution in [1.29, 1.82) is 0 Å². The molecule has 0 aromatic carbocycles. The van der Waals surface area contributed by atoms with E-state index in [-0.39, 0.29) is 17.6 Å². The van der Waals surface area contributed by atoms with Crippen LogP contribution in [0.15, 0.2) is 0 Å². The highest BCUT2D eigenvalue weighted by atomic mass is 16.2. The highest BCUT2D eigenvalue weighted by molar-refractivity contribution is 6.36. The number of carbonyl (C=O) groups is 2. The van der Waals surface area contributed by atoms with E-state index in [0.29, 0.717) is 19.0 Å². The molecule has 0 radical (unpaired) electrons. The summed E-state index contributed by atoms with van der Waals surface area (Å²) >= 11 is 0. The van der Waals surface area contributed by atoms with E-state index in [1.165, 1.54) is 0 Å². The van der Waals surface area contributed by atoms with Crippen LogP contribution in [0.4, 0.5) is 0 Å². The quantitative estimate of drug-likeness (QED) is 0.637. The zero-order valence-electron chi connectivity index (χ0n) is 15.0. The predicted molar refractivity (Wildman–Crippen MR) is 89.9 cm³/mol. The highest BCUT2D eigenvalue weighted by Crippen LogP contribution is 2.16. The van der Waals surface area contributed by atoms with E-state index < -0.39 is 0 Å². The largest absolute Gasteiger partial charge is 0.335 e. The number of piperidine rings is 1. The Hall–Kier alpha value is -0.940. The summed E-state index contributed by atoms with van der Waals surface area (Å²) in [4.78, 5) is 30.5. The number of rotatable bonds is 8. The second-order valence-corrected chi connectivity index (χ2v) is 7.21. The Balaban J connectivity index is 2.46. The van der Waals surface area contributed by atoms with E-state index >= 15 is 0 Å². The van der Waals surface area contributed by atoms with E-state index in [1.54, 1.807) is 4.90 Å². The summed E-state index contributed by atoms with van der Waals surface area (Å²) in [7, 11) is 6.30. The molecule has 0 aromatic heterocycles. The fraction of sp³-hybridized carbons (Fsp3) is 0.882. The van der Waals surface area contributed by atoms with Gasteiger partial charge in [0.15, 0.2) is 0 Å². The summed E-state index contributed by atoms with van der Waals surface area (Å²) in [5.41, 5.74) is 0. The van der Waals surface area contributed by atoms with Crippen molar-refractivity contribution >= 4 is 11.7 Å². The van der Waals surface area contributed by atoms with Gasteiger partial charge in [-0.3, -0.25) is 9.59 Å². The monoisotopic (exact) mass is 311 g/mol. The minimum Gasteiger partial charge on any atom is -0.335 e. The van der Waals surface area contributed by atoms with Gasteiger partial charge < -0.3 is 14.7 Å². The molecule has 1 rings (SSSR count). The summed E-state index contributed by atoms with van der Waals surface area (Å²) < 4.78 is 0. The molecule has 0 saturated carbocycles. The molecule has 1 heterocycles. The predicted octanol–water partition coefficient (Wildman–Crippen LogP) is 1.48. The molecule has 0 unspecified atom stereocenters. The number of Topliss-reactive ketones (excluding diaryl/α,β-unsaturated/α-hetero) is 1. The van der Waals surface area contributed by atoms with E-state index in [4.69, 9.17) is 0 Å².